The van der Waals surface area contributed by atoms with Gasteiger partial charge in [-0.3, -0.25) is 18.7 Å². The summed E-state index contributed by atoms with van der Waals surface area (Å²) >= 11 is 0. The highest BCUT2D eigenvalue weighted by atomic mass is 16.2. The molecule has 0 aromatic carbocycles. The van der Waals surface area contributed by atoms with Crippen LogP contribution in [0.1, 0.15) is 25.3 Å². The fraction of sp³-hybridized carbons (Fsp3) is 0.600. The van der Waals surface area contributed by atoms with Crippen molar-refractivity contribution in [3.05, 3.63) is 26.4 Å². The van der Waals surface area contributed by atoms with Gasteiger partial charge in [0.2, 0.25) is 5.91 Å². The van der Waals surface area contributed by atoms with Crippen LogP contribution in [0.4, 0.5) is 5.82 Å². The minimum absolute atomic E-state index is 0.0372. The SMILES string of the molecule is CCC(=O)N1CCCN(c2c(C#N)c(=O)n(C)c(=O)n2C)CC1. The Balaban J connectivity index is 2.44. The van der Waals surface area contributed by atoms with Gasteiger partial charge < -0.3 is 9.80 Å². The smallest absolute Gasteiger partial charge is 0.332 e. The molecule has 124 valence electrons. The Kier molecular flexibility index (Phi) is 4.89. The first-order valence-corrected chi connectivity index (χ1v) is 7.65. The monoisotopic (exact) mass is 319 g/mol. The molecule has 1 saturated heterocycles. The Bertz CT molecular complexity index is 771. The van der Waals surface area contributed by atoms with E-state index in [9.17, 15) is 19.6 Å². The molecule has 2 rings (SSSR count). The summed E-state index contributed by atoms with van der Waals surface area (Å²) in [5, 5.41) is 9.35. The van der Waals surface area contributed by atoms with E-state index in [0.717, 1.165) is 11.0 Å². The molecule has 0 atom stereocenters. The normalized spacial score (nSPS) is 15.2. The summed E-state index contributed by atoms with van der Waals surface area (Å²) in [6, 6.07) is 1.92. The molecule has 0 saturated carbocycles. The van der Waals surface area contributed by atoms with Gasteiger partial charge in [0, 0.05) is 46.7 Å². The number of nitrogens with zero attached hydrogens (tertiary/aromatic N) is 5. The van der Waals surface area contributed by atoms with Gasteiger partial charge in [0.15, 0.2) is 5.56 Å². The van der Waals surface area contributed by atoms with Crippen LogP contribution in [-0.2, 0) is 18.9 Å². The van der Waals surface area contributed by atoms with Crippen molar-refractivity contribution in [3.63, 3.8) is 0 Å². The summed E-state index contributed by atoms with van der Waals surface area (Å²) in [4.78, 5) is 39.8. The molecular formula is C15H21N5O3. The third-order valence-corrected chi connectivity index (χ3v) is 4.20. The topological polar surface area (TPSA) is 91.3 Å². The Labute approximate surface area is 134 Å². The van der Waals surface area contributed by atoms with Crippen LogP contribution >= 0.6 is 0 Å². The van der Waals surface area contributed by atoms with E-state index in [-0.39, 0.29) is 11.5 Å². The number of rotatable bonds is 2. The summed E-state index contributed by atoms with van der Waals surface area (Å²) in [5.41, 5.74) is -1.09. The van der Waals surface area contributed by atoms with Crippen LogP contribution in [-0.4, -0.2) is 46.1 Å². The van der Waals surface area contributed by atoms with Crippen molar-refractivity contribution in [2.75, 3.05) is 31.1 Å². The predicted molar refractivity (Wildman–Crippen MR) is 85.3 cm³/mol. The van der Waals surface area contributed by atoms with Crippen molar-refractivity contribution >= 4 is 11.7 Å². The molecule has 0 aliphatic carbocycles. The van der Waals surface area contributed by atoms with E-state index in [1.165, 1.54) is 11.6 Å². The Morgan fingerprint density at radius 1 is 1.13 bits per heavy atom. The van der Waals surface area contributed by atoms with E-state index in [0.29, 0.717) is 38.4 Å². The summed E-state index contributed by atoms with van der Waals surface area (Å²) in [6.07, 6.45) is 1.17. The number of hydrogen-bond acceptors (Lipinski definition) is 5. The maximum Gasteiger partial charge on any atom is 0.332 e. The van der Waals surface area contributed by atoms with Crippen molar-refractivity contribution in [2.45, 2.75) is 19.8 Å². The second-order valence-electron chi connectivity index (χ2n) is 5.59. The average Bonchev–Trinajstić information content (AvgIpc) is 2.81. The lowest BCUT2D eigenvalue weighted by atomic mass is 10.2. The standard InChI is InChI=1S/C15H21N5O3/c1-4-12(21)19-6-5-7-20(9-8-19)13-11(10-16)14(22)18(3)15(23)17(13)2/h4-9H2,1-3H3. The molecular weight excluding hydrogens is 298 g/mol. The van der Waals surface area contributed by atoms with Gasteiger partial charge in [-0.2, -0.15) is 5.26 Å². The summed E-state index contributed by atoms with van der Waals surface area (Å²) < 4.78 is 2.27. The maximum atomic E-state index is 12.2. The van der Waals surface area contributed by atoms with Gasteiger partial charge >= 0.3 is 5.69 Å². The number of carbonyl (C=O) groups is 1. The van der Waals surface area contributed by atoms with Gasteiger partial charge in [0.1, 0.15) is 11.9 Å². The van der Waals surface area contributed by atoms with Gasteiger partial charge in [0.05, 0.1) is 0 Å². The highest BCUT2D eigenvalue weighted by Gasteiger charge is 2.24. The molecule has 1 aliphatic rings. The molecule has 0 N–H and O–H groups in total. The zero-order valence-electron chi connectivity index (χ0n) is 13.7. The van der Waals surface area contributed by atoms with Crippen molar-refractivity contribution in [1.29, 1.82) is 5.26 Å². The van der Waals surface area contributed by atoms with E-state index >= 15 is 0 Å². The van der Waals surface area contributed by atoms with Crippen LogP contribution in [0, 0.1) is 11.3 Å². The summed E-state index contributed by atoms with van der Waals surface area (Å²) in [7, 11) is 2.91. The van der Waals surface area contributed by atoms with Crippen LogP contribution in [0.15, 0.2) is 9.59 Å². The predicted octanol–water partition coefficient (Wildman–Crippen LogP) is -0.596. The zero-order valence-corrected chi connectivity index (χ0v) is 13.7. The number of amides is 1. The van der Waals surface area contributed by atoms with E-state index in [2.05, 4.69) is 0 Å². The van der Waals surface area contributed by atoms with Gasteiger partial charge in [0.25, 0.3) is 5.56 Å². The van der Waals surface area contributed by atoms with Gasteiger partial charge in [-0.25, -0.2) is 4.79 Å². The molecule has 2 heterocycles. The molecule has 8 nitrogen and oxygen atoms in total. The molecule has 1 amide bonds. The Morgan fingerprint density at radius 3 is 2.43 bits per heavy atom. The summed E-state index contributed by atoms with van der Waals surface area (Å²) in [6.45, 7) is 4.05. The molecule has 0 unspecified atom stereocenters. The van der Waals surface area contributed by atoms with Gasteiger partial charge in [-0.15, -0.1) is 0 Å². The second-order valence-corrected chi connectivity index (χ2v) is 5.59. The molecule has 8 heteroatoms. The highest BCUT2D eigenvalue weighted by molar-refractivity contribution is 5.76. The van der Waals surface area contributed by atoms with Gasteiger partial charge in [-0.05, 0) is 6.42 Å². The first-order chi connectivity index (χ1) is 10.9. The minimum atomic E-state index is -0.587. The lowest BCUT2D eigenvalue weighted by Gasteiger charge is -2.26. The van der Waals surface area contributed by atoms with Crippen molar-refractivity contribution in [2.24, 2.45) is 14.1 Å². The first-order valence-electron chi connectivity index (χ1n) is 7.65. The van der Waals surface area contributed by atoms with Crippen LogP contribution < -0.4 is 16.1 Å². The molecule has 0 spiro atoms. The van der Waals surface area contributed by atoms with Crippen LogP contribution in [0.3, 0.4) is 0 Å². The third-order valence-electron chi connectivity index (χ3n) is 4.20. The van der Waals surface area contributed by atoms with E-state index in [4.69, 9.17) is 0 Å². The number of anilines is 1. The zero-order chi connectivity index (χ0) is 17.1. The maximum absolute atomic E-state index is 12.2. The minimum Gasteiger partial charge on any atom is -0.355 e. The first kappa shape index (κ1) is 16.8. The van der Waals surface area contributed by atoms with Crippen LogP contribution in [0.2, 0.25) is 0 Å². The molecule has 1 aliphatic heterocycles. The van der Waals surface area contributed by atoms with Crippen LogP contribution in [0.5, 0.6) is 0 Å². The summed E-state index contributed by atoms with van der Waals surface area (Å²) in [5.74, 6) is 0.427. The lowest BCUT2D eigenvalue weighted by molar-refractivity contribution is -0.130. The fourth-order valence-electron chi connectivity index (χ4n) is 2.90. The van der Waals surface area contributed by atoms with Crippen molar-refractivity contribution < 1.29 is 4.79 Å². The molecule has 23 heavy (non-hydrogen) atoms. The number of carbonyl (C=O) groups excluding carboxylic acids is 1. The van der Waals surface area contributed by atoms with E-state index in [1.54, 1.807) is 11.9 Å². The molecule has 1 aromatic heterocycles. The second kappa shape index (κ2) is 6.69. The van der Waals surface area contributed by atoms with E-state index in [1.807, 2.05) is 17.9 Å². The van der Waals surface area contributed by atoms with Crippen LogP contribution in [0.25, 0.3) is 0 Å². The number of nitriles is 1. The van der Waals surface area contributed by atoms with Crippen molar-refractivity contribution in [1.82, 2.24) is 14.0 Å². The molecule has 1 fully saturated rings. The Morgan fingerprint density at radius 2 is 1.83 bits per heavy atom. The Hall–Kier alpha value is -2.56. The number of hydrogen-bond donors (Lipinski definition) is 0. The largest absolute Gasteiger partial charge is 0.355 e. The molecule has 0 radical (unpaired) electrons. The van der Waals surface area contributed by atoms with Gasteiger partial charge in [-0.1, -0.05) is 6.92 Å². The molecule has 1 aromatic rings. The third kappa shape index (κ3) is 2.99. The highest BCUT2D eigenvalue weighted by Crippen LogP contribution is 2.17. The number of aromatic nitrogens is 2. The average molecular weight is 319 g/mol. The lowest BCUT2D eigenvalue weighted by Crippen LogP contribution is -2.43. The quantitative estimate of drug-likeness (QED) is 0.726. The van der Waals surface area contributed by atoms with Crippen molar-refractivity contribution in [3.8, 4) is 6.07 Å². The van der Waals surface area contributed by atoms with E-state index < -0.39 is 11.2 Å². The molecule has 0 bridgehead atoms. The fourth-order valence-corrected chi connectivity index (χ4v) is 2.90.